The zero-order valence-electron chi connectivity index (χ0n) is 14.9. The third kappa shape index (κ3) is 3.88. The fourth-order valence-electron chi connectivity index (χ4n) is 2.74. The molecule has 2 aromatic carbocycles. The SMILES string of the molecule is CCc1cc(=O)n(CC(=O)Nc2ccccc2C)c(-c2ccccc2)n1. The summed E-state index contributed by atoms with van der Waals surface area (Å²) in [4.78, 5) is 29.7. The normalized spacial score (nSPS) is 10.5. The Morgan fingerprint density at radius 3 is 2.46 bits per heavy atom. The summed E-state index contributed by atoms with van der Waals surface area (Å²) in [7, 11) is 0. The first-order valence-corrected chi connectivity index (χ1v) is 8.60. The van der Waals surface area contributed by atoms with Crippen molar-refractivity contribution in [1.29, 1.82) is 0 Å². The quantitative estimate of drug-likeness (QED) is 0.769. The molecule has 0 aliphatic carbocycles. The second kappa shape index (κ2) is 7.78. The third-order valence-corrected chi connectivity index (χ3v) is 4.18. The first kappa shape index (κ1) is 17.6. The Morgan fingerprint density at radius 1 is 1.08 bits per heavy atom. The van der Waals surface area contributed by atoms with Crippen LogP contribution in [-0.4, -0.2) is 15.5 Å². The molecule has 0 unspecified atom stereocenters. The van der Waals surface area contributed by atoms with Gasteiger partial charge in [-0.2, -0.15) is 0 Å². The zero-order valence-corrected chi connectivity index (χ0v) is 14.9. The largest absolute Gasteiger partial charge is 0.324 e. The third-order valence-electron chi connectivity index (χ3n) is 4.18. The first-order chi connectivity index (χ1) is 12.6. The Labute approximate surface area is 152 Å². The molecule has 1 amide bonds. The van der Waals surface area contributed by atoms with Gasteiger partial charge in [0.25, 0.3) is 5.56 Å². The van der Waals surface area contributed by atoms with E-state index in [1.807, 2.05) is 68.4 Å². The number of para-hydroxylation sites is 1. The van der Waals surface area contributed by atoms with Gasteiger partial charge in [0, 0.05) is 23.0 Å². The van der Waals surface area contributed by atoms with Crippen LogP contribution in [0.5, 0.6) is 0 Å². The Morgan fingerprint density at radius 2 is 1.77 bits per heavy atom. The number of hydrogen-bond acceptors (Lipinski definition) is 3. The molecular weight excluding hydrogens is 326 g/mol. The molecule has 0 aliphatic heterocycles. The minimum absolute atomic E-state index is 0.0889. The second-order valence-corrected chi connectivity index (χ2v) is 6.08. The number of nitrogens with zero attached hydrogens (tertiary/aromatic N) is 2. The van der Waals surface area contributed by atoms with Crippen LogP contribution < -0.4 is 10.9 Å². The summed E-state index contributed by atoms with van der Waals surface area (Å²) >= 11 is 0. The van der Waals surface area contributed by atoms with Crippen molar-refractivity contribution < 1.29 is 4.79 Å². The van der Waals surface area contributed by atoms with Gasteiger partial charge in [0.05, 0.1) is 0 Å². The molecule has 0 spiro atoms. The number of hydrogen-bond donors (Lipinski definition) is 1. The molecule has 1 heterocycles. The van der Waals surface area contributed by atoms with Crippen molar-refractivity contribution in [3.05, 3.63) is 82.3 Å². The van der Waals surface area contributed by atoms with E-state index < -0.39 is 0 Å². The van der Waals surface area contributed by atoms with Gasteiger partial charge in [0.1, 0.15) is 12.4 Å². The number of anilines is 1. The summed E-state index contributed by atoms with van der Waals surface area (Å²) in [6.07, 6.45) is 0.658. The maximum absolute atomic E-state index is 12.6. The molecule has 1 aromatic heterocycles. The minimum atomic E-state index is -0.260. The van der Waals surface area contributed by atoms with E-state index in [0.717, 1.165) is 16.8 Å². The summed E-state index contributed by atoms with van der Waals surface area (Å²) in [6, 6.07) is 18.5. The van der Waals surface area contributed by atoms with E-state index in [0.29, 0.717) is 17.9 Å². The van der Waals surface area contributed by atoms with Crippen LogP contribution in [0.25, 0.3) is 11.4 Å². The maximum atomic E-state index is 12.6. The van der Waals surface area contributed by atoms with Gasteiger partial charge in [0.15, 0.2) is 0 Å². The Kier molecular flexibility index (Phi) is 5.27. The molecule has 3 aromatic rings. The standard InChI is InChI=1S/C21H21N3O2/c1-3-17-13-20(26)24(21(22-17)16-10-5-4-6-11-16)14-19(25)23-18-12-8-7-9-15(18)2/h4-13H,3,14H2,1-2H3,(H,23,25). The van der Waals surface area contributed by atoms with Crippen molar-refractivity contribution in [3.63, 3.8) is 0 Å². The highest BCUT2D eigenvalue weighted by molar-refractivity contribution is 5.91. The van der Waals surface area contributed by atoms with Crippen LogP contribution in [0.2, 0.25) is 0 Å². The van der Waals surface area contributed by atoms with Crippen molar-refractivity contribution in [3.8, 4) is 11.4 Å². The Hall–Kier alpha value is -3.21. The first-order valence-electron chi connectivity index (χ1n) is 8.60. The number of aryl methyl sites for hydroxylation is 2. The van der Waals surface area contributed by atoms with E-state index in [1.54, 1.807) is 0 Å². The van der Waals surface area contributed by atoms with Crippen molar-refractivity contribution in [2.75, 3.05) is 5.32 Å². The van der Waals surface area contributed by atoms with E-state index >= 15 is 0 Å². The lowest BCUT2D eigenvalue weighted by atomic mass is 10.2. The molecule has 26 heavy (non-hydrogen) atoms. The fourth-order valence-corrected chi connectivity index (χ4v) is 2.74. The summed E-state index contributed by atoms with van der Waals surface area (Å²) in [6.45, 7) is 3.79. The second-order valence-electron chi connectivity index (χ2n) is 6.08. The Bertz CT molecular complexity index is 978. The van der Waals surface area contributed by atoms with Gasteiger partial charge in [-0.25, -0.2) is 4.98 Å². The highest BCUT2D eigenvalue weighted by Gasteiger charge is 2.14. The molecule has 1 N–H and O–H groups in total. The zero-order chi connectivity index (χ0) is 18.5. The van der Waals surface area contributed by atoms with Crippen molar-refractivity contribution in [2.24, 2.45) is 0 Å². The molecule has 0 saturated heterocycles. The molecule has 0 aliphatic rings. The van der Waals surface area contributed by atoms with Gasteiger partial charge in [-0.15, -0.1) is 0 Å². The van der Waals surface area contributed by atoms with E-state index in [2.05, 4.69) is 10.3 Å². The molecule has 0 atom stereocenters. The van der Waals surface area contributed by atoms with Crippen molar-refractivity contribution in [1.82, 2.24) is 9.55 Å². The van der Waals surface area contributed by atoms with E-state index in [-0.39, 0.29) is 18.0 Å². The average molecular weight is 347 g/mol. The average Bonchev–Trinajstić information content (AvgIpc) is 2.65. The number of nitrogens with one attached hydrogen (secondary N) is 1. The predicted octanol–water partition coefficient (Wildman–Crippen LogP) is 3.42. The number of benzene rings is 2. The monoisotopic (exact) mass is 347 g/mol. The predicted molar refractivity (Wildman–Crippen MR) is 103 cm³/mol. The lowest BCUT2D eigenvalue weighted by molar-refractivity contribution is -0.116. The summed E-state index contributed by atoms with van der Waals surface area (Å²) in [5.74, 6) is 0.250. The van der Waals surface area contributed by atoms with E-state index in [1.165, 1.54) is 10.6 Å². The smallest absolute Gasteiger partial charge is 0.254 e. The van der Waals surface area contributed by atoms with Gasteiger partial charge in [-0.05, 0) is 25.0 Å². The Balaban J connectivity index is 1.95. The number of carbonyl (C=O) groups is 1. The van der Waals surface area contributed by atoms with Crippen LogP contribution in [0.1, 0.15) is 18.2 Å². The molecule has 132 valence electrons. The van der Waals surface area contributed by atoms with Gasteiger partial charge < -0.3 is 5.32 Å². The van der Waals surface area contributed by atoms with Crippen LogP contribution in [-0.2, 0) is 17.8 Å². The molecule has 3 rings (SSSR count). The summed E-state index contributed by atoms with van der Waals surface area (Å²) < 4.78 is 1.42. The molecule has 0 fully saturated rings. The van der Waals surface area contributed by atoms with Gasteiger partial charge in [-0.1, -0.05) is 55.5 Å². The molecule has 0 saturated carbocycles. The van der Waals surface area contributed by atoms with E-state index in [9.17, 15) is 9.59 Å². The lowest BCUT2D eigenvalue weighted by Crippen LogP contribution is -2.30. The number of amides is 1. The maximum Gasteiger partial charge on any atom is 0.254 e. The molecular formula is C21H21N3O2. The van der Waals surface area contributed by atoms with Crippen molar-refractivity contribution >= 4 is 11.6 Å². The van der Waals surface area contributed by atoms with Crippen molar-refractivity contribution in [2.45, 2.75) is 26.8 Å². The number of aromatic nitrogens is 2. The highest BCUT2D eigenvalue weighted by Crippen LogP contribution is 2.17. The van der Waals surface area contributed by atoms with Crippen LogP contribution >= 0.6 is 0 Å². The fraction of sp³-hybridized carbons (Fsp3) is 0.190. The number of carbonyl (C=O) groups excluding carboxylic acids is 1. The molecule has 5 heteroatoms. The van der Waals surface area contributed by atoms with Gasteiger partial charge in [-0.3, -0.25) is 14.2 Å². The topological polar surface area (TPSA) is 64.0 Å². The lowest BCUT2D eigenvalue weighted by Gasteiger charge is -2.14. The van der Waals surface area contributed by atoms with Crippen LogP contribution in [0, 0.1) is 6.92 Å². The highest BCUT2D eigenvalue weighted by atomic mass is 16.2. The van der Waals surface area contributed by atoms with Crippen LogP contribution in [0.3, 0.4) is 0 Å². The summed E-state index contributed by atoms with van der Waals surface area (Å²) in [5.41, 5.74) is 3.00. The number of rotatable bonds is 5. The molecule has 0 radical (unpaired) electrons. The molecule has 0 bridgehead atoms. The minimum Gasteiger partial charge on any atom is -0.324 e. The summed E-state index contributed by atoms with van der Waals surface area (Å²) in [5, 5.41) is 2.87. The van der Waals surface area contributed by atoms with Gasteiger partial charge in [0.2, 0.25) is 5.91 Å². The van der Waals surface area contributed by atoms with Crippen LogP contribution in [0.15, 0.2) is 65.5 Å². The van der Waals surface area contributed by atoms with E-state index in [4.69, 9.17) is 0 Å². The van der Waals surface area contributed by atoms with Crippen LogP contribution in [0.4, 0.5) is 5.69 Å². The van der Waals surface area contributed by atoms with Gasteiger partial charge >= 0.3 is 0 Å². The molecule has 5 nitrogen and oxygen atoms in total.